The van der Waals surface area contributed by atoms with Crippen molar-refractivity contribution in [1.82, 2.24) is 0 Å². The van der Waals surface area contributed by atoms with Gasteiger partial charge in [-0.05, 0) is 18.2 Å². The van der Waals surface area contributed by atoms with Gasteiger partial charge in [0.05, 0.1) is 24.0 Å². The first-order chi connectivity index (χ1) is 7.19. The number of halogens is 1. The van der Waals surface area contributed by atoms with Crippen molar-refractivity contribution in [2.75, 3.05) is 12.9 Å². The van der Waals surface area contributed by atoms with E-state index in [0.717, 1.165) is 0 Å². The Hall–Kier alpha value is -1.47. The van der Waals surface area contributed by atoms with Crippen LogP contribution in [0.1, 0.15) is 15.9 Å². The standard InChI is InChI=1S/C11H9FO2S/c1-14-11(13)9-4-5-10(12)8(7-9)3-2-6-15/h4-5,7,15H,6H2,1H3. The average molecular weight is 224 g/mol. The van der Waals surface area contributed by atoms with Crippen LogP contribution in [0.5, 0.6) is 0 Å². The first-order valence-corrected chi connectivity index (χ1v) is 4.80. The number of ether oxygens (including phenoxy) is 1. The molecule has 0 aromatic heterocycles. The lowest BCUT2D eigenvalue weighted by Crippen LogP contribution is -2.02. The topological polar surface area (TPSA) is 26.3 Å². The maximum Gasteiger partial charge on any atom is 0.337 e. The SMILES string of the molecule is COC(=O)c1ccc(F)c(C#CCS)c1. The summed E-state index contributed by atoms with van der Waals surface area (Å²) >= 11 is 3.88. The van der Waals surface area contributed by atoms with Crippen molar-refractivity contribution in [3.8, 4) is 11.8 Å². The van der Waals surface area contributed by atoms with Crippen molar-refractivity contribution in [1.29, 1.82) is 0 Å². The summed E-state index contributed by atoms with van der Waals surface area (Å²) < 4.78 is 17.7. The highest BCUT2D eigenvalue weighted by molar-refractivity contribution is 7.80. The quantitative estimate of drug-likeness (QED) is 0.448. The minimum atomic E-state index is -0.510. The van der Waals surface area contributed by atoms with Crippen molar-refractivity contribution in [2.45, 2.75) is 0 Å². The molecule has 2 nitrogen and oxygen atoms in total. The Labute approximate surface area is 92.9 Å². The lowest BCUT2D eigenvalue weighted by Gasteiger charge is -2.00. The van der Waals surface area contributed by atoms with E-state index >= 15 is 0 Å². The number of thiol groups is 1. The number of rotatable bonds is 1. The second-order valence-electron chi connectivity index (χ2n) is 2.65. The van der Waals surface area contributed by atoms with Gasteiger partial charge in [-0.2, -0.15) is 12.6 Å². The van der Waals surface area contributed by atoms with Gasteiger partial charge in [0.25, 0.3) is 0 Å². The maximum absolute atomic E-state index is 13.2. The van der Waals surface area contributed by atoms with Gasteiger partial charge in [0.15, 0.2) is 0 Å². The molecule has 0 heterocycles. The predicted octanol–water partition coefficient (Wildman–Crippen LogP) is 1.89. The Morgan fingerprint density at radius 1 is 1.60 bits per heavy atom. The molecule has 15 heavy (non-hydrogen) atoms. The second kappa shape index (κ2) is 5.42. The Balaban J connectivity index is 3.10. The molecule has 0 saturated heterocycles. The van der Waals surface area contributed by atoms with Gasteiger partial charge in [0.2, 0.25) is 0 Å². The number of carbonyl (C=O) groups is 1. The van der Waals surface area contributed by atoms with Crippen LogP contribution in [0.4, 0.5) is 4.39 Å². The summed E-state index contributed by atoms with van der Waals surface area (Å²) in [6.45, 7) is 0. The number of esters is 1. The summed E-state index contributed by atoms with van der Waals surface area (Å²) in [6.07, 6.45) is 0. The maximum atomic E-state index is 13.2. The summed E-state index contributed by atoms with van der Waals surface area (Å²) in [4.78, 5) is 11.1. The average Bonchev–Trinajstić information content (AvgIpc) is 2.27. The summed E-state index contributed by atoms with van der Waals surface area (Å²) in [6, 6.07) is 3.90. The molecule has 0 aliphatic rings. The van der Waals surface area contributed by atoms with E-state index in [1.807, 2.05) is 0 Å². The number of carbonyl (C=O) groups excluding carboxylic acids is 1. The molecule has 78 valence electrons. The minimum Gasteiger partial charge on any atom is -0.465 e. The predicted molar refractivity (Wildman–Crippen MR) is 58.5 cm³/mol. The van der Waals surface area contributed by atoms with Gasteiger partial charge in [-0.3, -0.25) is 0 Å². The fourth-order valence-corrected chi connectivity index (χ4v) is 1.08. The molecular formula is C11H9FO2S. The molecule has 0 unspecified atom stereocenters. The third kappa shape index (κ3) is 3.00. The number of methoxy groups -OCH3 is 1. The fourth-order valence-electron chi connectivity index (χ4n) is 1.00. The van der Waals surface area contributed by atoms with E-state index in [1.54, 1.807) is 0 Å². The number of benzene rings is 1. The van der Waals surface area contributed by atoms with Crippen molar-refractivity contribution in [3.63, 3.8) is 0 Å². The molecule has 0 spiro atoms. The number of hydrogen-bond donors (Lipinski definition) is 1. The van der Waals surface area contributed by atoms with Crippen LogP contribution in [-0.2, 0) is 4.74 Å². The molecule has 0 fully saturated rings. The monoisotopic (exact) mass is 224 g/mol. The van der Waals surface area contributed by atoms with Crippen LogP contribution in [0, 0.1) is 17.7 Å². The number of hydrogen-bond acceptors (Lipinski definition) is 3. The molecule has 0 aliphatic carbocycles. The highest BCUT2D eigenvalue weighted by atomic mass is 32.1. The van der Waals surface area contributed by atoms with Gasteiger partial charge in [-0.1, -0.05) is 11.8 Å². The van der Waals surface area contributed by atoms with Gasteiger partial charge in [0, 0.05) is 0 Å². The van der Waals surface area contributed by atoms with Crippen molar-refractivity contribution in [2.24, 2.45) is 0 Å². The summed E-state index contributed by atoms with van der Waals surface area (Å²) in [5, 5.41) is 0. The normalized spacial score (nSPS) is 9.00. The van der Waals surface area contributed by atoms with E-state index in [1.165, 1.54) is 25.3 Å². The van der Waals surface area contributed by atoms with Crippen LogP contribution in [0.15, 0.2) is 18.2 Å². The van der Waals surface area contributed by atoms with Gasteiger partial charge >= 0.3 is 5.97 Å². The zero-order valence-corrected chi connectivity index (χ0v) is 8.98. The first-order valence-electron chi connectivity index (χ1n) is 4.16. The molecule has 0 radical (unpaired) electrons. The molecule has 4 heteroatoms. The smallest absolute Gasteiger partial charge is 0.337 e. The fraction of sp³-hybridized carbons (Fsp3) is 0.182. The van der Waals surface area contributed by atoms with E-state index in [-0.39, 0.29) is 11.1 Å². The first kappa shape index (κ1) is 11.6. The molecule has 0 N–H and O–H groups in total. The van der Waals surface area contributed by atoms with Crippen LogP contribution >= 0.6 is 12.6 Å². The Kier molecular flexibility index (Phi) is 4.19. The Morgan fingerprint density at radius 3 is 2.93 bits per heavy atom. The van der Waals surface area contributed by atoms with Crippen LogP contribution < -0.4 is 0 Å². The van der Waals surface area contributed by atoms with Gasteiger partial charge in [-0.25, -0.2) is 9.18 Å². The molecule has 0 saturated carbocycles. The lowest BCUT2D eigenvalue weighted by molar-refractivity contribution is 0.0600. The molecule has 0 amide bonds. The summed E-state index contributed by atoms with van der Waals surface area (Å²) in [5.41, 5.74) is 0.453. The van der Waals surface area contributed by atoms with Crippen LogP contribution in [0.3, 0.4) is 0 Å². The van der Waals surface area contributed by atoms with Gasteiger partial charge < -0.3 is 4.74 Å². The van der Waals surface area contributed by atoms with Crippen LogP contribution in [-0.4, -0.2) is 18.8 Å². The van der Waals surface area contributed by atoms with Crippen LogP contribution in [0.25, 0.3) is 0 Å². The molecule has 0 atom stereocenters. The third-order valence-electron chi connectivity index (χ3n) is 1.69. The van der Waals surface area contributed by atoms with Crippen molar-refractivity contribution >= 4 is 18.6 Å². The van der Waals surface area contributed by atoms with E-state index in [0.29, 0.717) is 5.75 Å². The zero-order chi connectivity index (χ0) is 11.3. The highest BCUT2D eigenvalue weighted by Gasteiger charge is 2.08. The van der Waals surface area contributed by atoms with E-state index in [4.69, 9.17) is 0 Å². The molecule has 1 aromatic carbocycles. The molecule has 0 aliphatic heterocycles. The van der Waals surface area contributed by atoms with Crippen LogP contribution in [0.2, 0.25) is 0 Å². The molecular weight excluding hydrogens is 215 g/mol. The Bertz CT molecular complexity index is 432. The van der Waals surface area contributed by atoms with Gasteiger partial charge in [-0.15, -0.1) is 0 Å². The lowest BCUT2D eigenvalue weighted by atomic mass is 10.1. The van der Waals surface area contributed by atoms with Crippen molar-refractivity contribution in [3.05, 3.63) is 35.1 Å². The highest BCUT2D eigenvalue weighted by Crippen LogP contribution is 2.10. The zero-order valence-electron chi connectivity index (χ0n) is 8.08. The van der Waals surface area contributed by atoms with Crippen molar-refractivity contribution < 1.29 is 13.9 Å². The van der Waals surface area contributed by atoms with Gasteiger partial charge in [0.1, 0.15) is 5.82 Å². The van der Waals surface area contributed by atoms with E-state index in [9.17, 15) is 9.18 Å². The summed E-state index contributed by atoms with van der Waals surface area (Å²) in [7, 11) is 1.27. The summed E-state index contributed by atoms with van der Waals surface area (Å²) in [5.74, 6) is 4.55. The second-order valence-corrected chi connectivity index (χ2v) is 2.96. The molecule has 1 rings (SSSR count). The molecule has 1 aromatic rings. The Morgan fingerprint density at radius 2 is 2.33 bits per heavy atom. The largest absolute Gasteiger partial charge is 0.465 e. The third-order valence-corrected chi connectivity index (χ3v) is 1.85. The van der Waals surface area contributed by atoms with E-state index < -0.39 is 11.8 Å². The molecule has 0 bridgehead atoms. The minimum absolute atomic E-state index is 0.173. The van der Waals surface area contributed by atoms with E-state index in [2.05, 4.69) is 29.2 Å².